The van der Waals surface area contributed by atoms with Crippen LogP contribution in [0.15, 0.2) is 42.6 Å². The molecule has 2 aliphatic heterocycles. The first-order valence-corrected chi connectivity index (χ1v) is 12.9. The average molecular weight is 479 g/mol. The second-order valence-electron chi connectivity index (χ2n) is 9.45. The van der Waals surface area contributed by atoms with E-state index in [4.69, 9.17) is 0 Å². The van der Waals surface area contributed by atoms with Gasteiger partial charge < -0.3 is 20.0 Å². The van der Waals surface area contributed by atoms with E-state index in [9.17, 15) is 9.59 Å². The molecular weight excluding hydrogens is 440 g/mol. The van der Waals surface area contributed by atoms with Crippen molar-refractivity contribution in [1.82, 2.24) is 19.7 Å². The van der Waals surface area contributed by atoms with Crippen molar-refractivity contribution in [2.75, 3.05) is 56.5 Å². The van der Waals surface area contributed by atoms with Crippen molar-refractivity contribution in [2.45, 2.75) is 45.6 Å². The van der Waals surface area contributed by atoms with Crippen LogP contribution in [0.5, 0.6) is 0 Å². The molecule has 3 heterocycles. The molecule has 3 amide bonds. The topological polar surface area (TPSA) is 72.0 Å². The molecule has 1 aromatic heterocycles. The second kappa shape index (κ2) is 11.6. The van der Waals surface area contributed by atoms with Crippen LogP contribution in [0.1, 0.15) is 49.9 Å². The summed E-state index contributed by atoms with van der Waals surface area (Å²) in [5, 5.41) is 2.95. The van der Waals surface area contributed by atoms with Crippen molar-refractivity contribution in [2.24, 2.45) is 0 Å². The quantitative estimate of drug-likeness (QED) is 0.608. The summed E-state index contributed by atoms with van der Waals surface area (Å²) in [4.78, 5) is 40.0. The summed E-state index contributed by atoms with van der Waals surface area (Å²) in [7, 11) is 2.15. The van der Waals surface area contributed by atoms with Crippen LogP contribution in [-0.4, -0.2) is 84.0 Å². The molecule has 2 aromatic rings. The van der Waals surface area contributed by atoms with Gasteiger partial charge in [0, 0.05) is 25.3 Å². The molecule has 35 heavy (non-hydrogen) atoms. The Morgan fingerprint density at radius 3 is 2.71 bits per heavy atom. The van der Waals surface area contributed by atoms with Gasteiger partial charge in [0.1, 0.15) is 0 Å². The SMILES string of the molecule is CCN(CC)CCCN(C)CC1CCCCN1C(=O)N1c2ccccc2NC(=O)c2cccnc21. The summed E-state index contributed by atoms with van der Waals surface area (Å²) in [6.45, 7) is 10.2. The average Bonchev–Trinajstić information content (AvgIpc) is 3.00. The minimum Gasteiger partial charge on any atom is -0.320 e. The molecule has 1 fully saturated rings. The Bertz CT molecular complexity index is 1020. The highest BCUT2D eigenvalue weighted by atomic mass is 16.2. The van der Waals surface area contributed by atoms with Crippen LogP contribution in [-0.2, 0) is 0 Å². The highest BCUT2D eigenvalue weighted by Gasteiger charge is 2.36. The Labute approximate surface area is 208 Å². The number of hydrogen-bond donors (Lipinski definition) is 1. The van der Waals surface area contributed by atoms with E-state index in [-0.39, 0.29) is 18.0 Å². The lowest BCUT2D eigenvalue weighted by atomic mass is 10.0. The number of fused-ring (bicyclic) bond motifs is 2. The maximum Gasteiger partial charge on any atom is 0.330 e. The van der Waals surface area contributed by atoms with Gasteiger partial charge in [0.2, 0.25) is 0 Å². The number of carbonyl (C=O) groups is 2. The molecule has 0 aliphatic carbocycles. The van der Waals surface area contributed by atoms with Gasteiger partial charge in [0.15, 0.2) is 5.82 Å². The number of urea groups is 1. The predicted octanol–water partition coefficient (Wildman–Crippen LogP) is 4.42. The monoisotopic (exact) mass is 478 g/mol. The highest BCUT2D eigenvalue weighted by molar-refractivity contribution is 6.16. The van der Waals surface area contributed by atoms with Crippen molar-refractivity contribution >= 4 is 29.1 Å². The van der Waals surface area contributed by atoms with Gasteiger partial charge in [-0.25, -0.2) is 14.7 Å². The first-order chi connectivity index (χ1) is 17.0. The van der Waals surface area contributed by atoms with Crippen LogP contribution in [0.4, 0.5) is 22.0 Å². The maximum absolute atomic E-state index is 14.2. The molecule has 1 saturated heterocycles. The minimum absolute atomic E-state index is 0.116. The molecule has 0 saturated carbocycles. The normalized spacial score (nSPS) is 17.7. The van der Waals surface area contributed by atoms with Crippen LogP contribution >= 0.6 is 0 Å². The Morgan fingerprint density at radius 2 is 1.91 bits per heavy atom. The van der Waals surface area contributed by atoms with Gasteiger partial charge >= 0.3 is 6.03 Å². The van der Waals surface area contributed by atoms with Gasteiger partial charge in [-0.15, -0.1) is 0 Å². The van der Waals surface area contributed by atoms with Crippen molar-refractivity contribution in [3.05, 3.63) is 48.2 Å². The lowest BCUT2D eigenvalue weighted by Crippen LogP contribution is -2.53. The number of nitrogens with zero attached hydrogens (tertiary/aromatic N) is 5. The zero-order valence-electron chi connectivity index (χ0n) is 21.2. The van der Waals surface area contributed by atoms with E-state index in [1.165, 1.54) is 0 Å². The van der Waals surface area contributed by atoms with Crippen molar-refractivity contribution in [3.63, 3.8) is 0 Å². The first-order valence-electron chi connectivity index (χ1n) is 12.9. The van der Waals surface area contributed by atoms with Crippen molar-refractivity contribution in [3.8, 4) is 0 Å². The Morgan fingerprint density at radius 1 is 1.11 bits per heavy atom. The number of amides is 3. The fourth-order valence-electron chi connectivity index (χ4n) is 5.15. The number of carbonyl (C=O) groups excluding carboxylic acids is 2. The van der Waals surface area contributed by atoms with Gasteiger partial charge in [-0.1, -0.05) is 26.0 Å². The summed E-state index contributed by atoms with van der Waals surface area (Å²) >= 11 is 0. The number of anilines is 3. The summed E-state index contributed by atoms with van der Waals surface area (Å²) in [6.07, 6.45) is 5.83. The molecule has 0 radical (unpaired) electrons. The van der Waals surface area contributed by atoms with E-state index < -0.39 is 0 Å². The molecule has 1 unspecified atom stereocenters. The lowest BCUT2D eigenvalue weighted by Gasteiger charge is -2.40. The number of rotatable bonds is 8. The predicted molar refractivity (Wildman–Crippen MR) is 140 cm³/mol. The van der Waals surface area contributed by atoms with E-state index in [2.05, 4.69) is 41.0 Å². The third-order valence-electron chi connectivity index (χ3n) is 7.13. The minimum atomic E-state index is -0.251. The largest absolute Gasteiger partial charge is 0.330 e. The van der Waals surface area contributed by atoms with Crippen LogP contribution in [0, 0.1) is 0 Å². The number of aromatic nitrogens is 1. The van der Waals surface area contributed by atoms with Crippen molar-refractivity contribution < 1.29 is 9.59 Å². The van der Waals surface area contributed by atoms with Gasteiger partial charge in [0.25, 0.3) is 5.91 Å². The molecule has 4 rings (SSSR count). The summed E-state index contributed by atoms with van der Waals surface area (Å²) in [6, 6.07) is 10.9. The lowest BCUT2D eigenvalue weighted by molar-refractivity contribution is 0.102. The number of benzene rings is 1. The molecule has 0 bridgehead atoms. The van der Waals surface area contributed by atoms with Gasteiger partial charge in [-0.3, -0.25) is 4.79 Å². The standard InChI is InChI=1S/C27H38N6O2/c1-4-31(5-2)18-11-17-30(3)20-21-12-8-9-19-32(21)27(35)33-24-15-7-6-14-23(24)29-26(34)22-13-10-16-28-25(22)33/h6-7,10,13-16,21H,4-5,8-9,11-12,17-20H2,1-3H3,(H,29,34). The molecule has 8 nitrogen and oxygen atoms in total. The summed E-state index contributed by atoms with van der Waals surface area (Å²) in [5.74, 6) is 0.135. The highest BCUT2D eigenvalue weighted by Crippen LogP contribution is 2.38. The van der Waals surface area contributed by atoms with Crippen molar-refractivity contribution in [1.29, 1.82) is 0 Å². The number of para-hydroxylation sites is 2. The fourth-order valence-corrected chi connectivity index (χ4v) is 5.15. The van der Waals surface area contributed by atoms with E-state index in [0.29, 0.717) is 29.3 Å². The van der Waals surface area contributed by atoms with E-state index in [1.807, 2.05) is 29.2 Å². The number of piperidine rings is 1. The molecule has 1 aromatic carbocycles. The maximum atomic E-state index is 14.2. The van der Waals surface area contributed by atoms with Crippen LogP contribution < -0.4 is 10.2 Å². The zero-order valence-corrected chi connectivity index (χ0v) is 21.2. The smallest absolute Gasteiger partial charge is 0.320 e. The summed E-state index contributed by atoms with van der Waals surface area (Å²) < 4.78 is 0. The summed E-state index contributed by atoms with van der Waals surface area (Å²) in [5.41, 5.74) is 1.67. The first kappa shape index (κ1) is 25.1. The Balaban J connectivity index is 1.55. The van der Waals surface area contributed by atoms with Crippen LogP contribution in [0.3, 0.4) is 0 Å². The third-order valence-corrected chi connectivity index (χ3v) is 7.13. The molecule has 188 valence electrons. The Kier molecular flexibility index (Phi) is 8.36. The van der Waals surface area contributed by atoms with Gasteiger partial charge in [-0.2, -0.15) is 0 Å². The van der Waals surface area contributed by atoms with E-state index in [1.54, 1.807) is 23.2 Å². The number of nitrogens with one attached hydrogen (secondary N) is 1. The van der Waals surface area contributed by atoms with Gasteiger partial charge in [0.05, 0.1) is 16.9 Å². The van der Waals surface area contributed by atoms with Crippen LogP contribution in [0.2, 0.25) is 0 Å². The number of hydrogen-bond acceptors (Lipinski definition) is 5. The molecule has 1 atom stereocenters. The van der Waals surface area contributed by atoms with E-state index in [0.717, 1.165) is 58.4 Å². The molecule has 1 N–H and O–H groups in total. The molecule has 0 spiro atoms. The fraction of sp³-hybridized carbons (Fsp3) is 0.519. The third kappa shape index (κ3) is 5.65. The molecular formula is C27H38N6O2. The van der Waals surface area contributed by atoms with E-state index >= 15 is 0 Å². The molecule has 8 heteroatoms. The number of likely N-dealkylation sites (tertiary alicyclic amines) is 1. The second-order valence-corrected chi connectivity index (χ2v) is 9.45. The number of pyridine rings is 1. The van der Waals surface area contributed by atoms with Crippen LogP contribution in [0.25, 0.3) is 0 Å². The Hall–Kier alpha value is -2.97. The number of likely N-dealkylation sites (N-methyl/N-ethyl adjacent to an activating group) is 1. The van der Waals surface area contributed by atoms with Gasteiger partial charge in [-0.05, 0) is 83.2 Å². The molecule has 2 aliphatic rings. The zero-order chi connectivity index (χ0) is 24.8.